The number of amides is 1. The summed E-state index contributed by atoms with van der Waals surface area (Å²) in [5.41, 5.74) is 10.7. The monoisotopic (exact) mass is 433 g/mol. The summed E-state index contributed by atoms with van der Waals surface area (Å²) in [5, 5.41) is 0. The molecule has 0 unspecified atom stereocenters. The summed E-state index contributed by atoms with van der Waals surface area (Å²) >= 11 is 0. The van der Waals surface area contributed by atoms with Gasteiger partial charge < -0.3 is 20.3 Å². The summed E-state index contributed by atoms with van der Waals surface area (Å²) in [6.07, 6.45) is 1.98. The maximum Gasteiger partial charge on any atom is 0.229 e. The molecule has 8 heteroatoms. The summed E-state index contributed by atoms with van der Waals surface area (Å²) in [6.45, 7) is 4.13. The molecule has 2 aliphatic heterocycles. The highest BCUT2D eigenvalue weighted by atomic mass is 19.1. The summed E-state index contributed by atoms with van der Waals surface area (Å²) in [7, 11) is 0. The fourth-order valence-corrected chi connectivity index (χ4v) is 4.10. The number of fused-ring (bicyclic) bond motifs is 1. The smallest absolute Gasteiger partial charge is 0.229 e. The zero-order chi connectivity index (χ0) is 22.1. The zero-order valence-electron chi connectivity index (χ0n) is 17.6. The average Bonchev–Trinajstić information content (AvgIpc) is 3.25. The fraction of sp³-hybridized carbons (Fsp3) is 0.292. The van der Waals surface area contributed by atoms with Gasteiger partial charge in [0.15, 0.2) is 0 Å². The van der Waals surface area contributed by atoms with Crippen molar-refractivity contribution < 1.29 is 13.9 Å². The molecule has 1 saturated heterocycles. The van der Waals surface area contributed by atoms with Crippen LogP contribution in [0, 0.1) is 5.82 Å². The highest BCUT2D eigenvalue weighted by Crippen LogP contribution is 2.27. The molecule has 5 rings (SSSR count). The second kappa shape index (κ2) is 8.55. The molecule has 1 amide bonds. The third-order valence-electron chi connectivity index (χ3n) is 5.95. The lowest BCUT2D eigenvalue weighted by Crippen LogP contribution is -2.36. The normalized spacial score (nSPS) is 15.7. The molecule has 32 heavy (non-hydrogen) atoms. The molecule has 0 spiro atoms. The number of anilines is 2. The minimum Gasteiger partial charge on any atom is -0.397 e. The average molecular weight is 433 g/mol. The molecule has 0 radical (unpaired) electrons. The zero-order valence-corrected chi connectivity index (χ0v) is 17.6. The van der Waals surface area contributed by atoms with Crippen molar-refractivity contribution in [2.45, 2.75) is 19.5 Å². The van der Waals surface area contributed by atoms with E-state index in [9.17, 15) is 9.18 Å². The second-order valence-corrected chi connectivity index (χ2v) is 8.08. The van der Waals surface area contributed by atoms with Crippen LogP contribution < -0.4 is 10.6 Å². The number of carbonyl (C=O) groups is 1. The van der Waals surface area contributed by atoms with Gasteiger partial charge in [-0.1, -0.05) is 0 Å². The van der Waals surface area contributed by atoms with E-state index < -0.39 is 0 Å². The van der Waals surface area contributed by atoms with Crippen LogP contribution in [0.15, 0.2) is 48.7 Å². The van der Waals surface area contributed by atoms with Gasteiger partial charge in [0, 0.05) is 37.9 Å². The van der Waals surface area contributed by atoms with Crippen LogP contribution in [-0.2, 0) is 29.0 Å². The van der Waals surface area contributed by atoms with Gasteiger partial charge in [-0.05, 0) is 53.6 Å². The molecule has 2 aliphatic rings. The Morgan fingerprint density at radius 2 is 1.81 bits per heavy atom. The Morgan fingerprint density at radius 1 is 1.06 bits per heavy atom. The number of ether oxygens (including phenoxy) is 1. The van der Waals surface area contributed by atoms with Crippen LogP contribution in [-0.4, -0.2) is 47.1 Å². The SMILES string of the molecule is Nc1ccc(-c2ccc(F)cc2)nc1CC(=O)N1Cc2cnc(N3CCOCC3)cc2C1. The highest BCUT2D eigenvalue weighted by Gasteiger charge is 2.26. The lowest BCUT2D eigenvalue weighted by atomic mass is 10.1. The van der Waals surface area contributed by atoms with Gasteiger partial charge in [-0.15, -0.1) is 0 Å². The number of pyridine rings is 2. The van der Waals surface area contributed by atoms with E-state index in [2.05, 4.69) is 20.9 Å². The molecule has 2 aromatic heterocycles. The number of nitrogens with zero attached hydrogens (tertiary/aromatic N) is 4. The second-order valence-electron chi connectivity index (χ2n) is 8.08. The molecule has 7 nitrogen and oxygen atoms in total. The molecule has 3 aromatic rings. The Labute approximate surface area is 185 Å². The van der Waals surface area contributed by atoms with E-state index in [0.717, 1.165) is 35.6 Å². The standard InChI is InChI=1S/C24H24FN5O2/c25-19-3-1-16(2-4-19)21-6-5-20(26)22(28-21)12-24(31)30-14-17-11-23(27-13-18(17)15-30)29-7-9-32-10-8-29/h1-6,11,13H,7-10,12,14-15,26H2. The summed E-state index contributed by atoms with van der Waals surface area (Å²) in [4.78, 5) is 26.2. The minimum absolute atomic E-state index is 0.0374. The van der Waals surface area contributed by atoms with Crippen LogP contribution in [0.3, 0.4) is 0 Å². The summed E-state index contributed by atoms with van der Waals surface area (Å²) in [6, 6.07) is 11.7. The maximum absolute atomic E-state index is 13.2. The summed E-state index contributed by atoms with van der Waals surface area (Å²) in [5.74, 6) is 0.586. The van der Waals surface area contributed by atoms with Gasteiger partial charge in [0.1, 0.15) is 11.6 Å². The highest BCUT2D eigenvalue weighted by molar-refractivity contribution is 5.81. The van der Waals surface area contributed by atoms with Crippen molar-refractivity contribution >= 4 is 17.4 Å². The minimum atomic E-state index is -0.306. The lowest BCUT2D eigenvalue weighted by Gasteiger charge is -2.28. The molecular weight excluding hydrogens is 409 g/mol. The van der Waals surface area contributed by atoms with Gasteiger partial charge in [0.05, 0.1) is 36.7 Å². The molecule has 164 valence electrons. The van der Waals surface area contributed by atoms with Crippen molar-refractivity contribution in [1.82, 2.24) is 14.9 Å². The van der Waals surface area contributed by atoms with Crippen molar-refractivity contribution in [2.24, 2.45) is 0 Å². The van der Waals surface area contributed by atoms with E-state index in [1.54, 1.807) is 29.2 Å². The molecule has 0 atom stereocenters. The Hall–Kier alpha value is -3.52. The van der Waals surface area contributed by atoms with Crippen LogP contribution in [0.2, 0.25) is 0 Å². The number of halogens is 1. The van der Waals surface area contributed by atoms with E-state index in [1.165, 1.54) is 12.1 Å². The topological polar surface area (TPSA) is 84.6 Å². The molecule has 4 heterocycles. The number of benzene rings is 1. The van der Waals surface area contributed by atoms with E-state index in [0.29, 0.717) is 43.4 Å². The molecule has 0 bridgehead atoms. The third kappa shape index (κ3) is 4.13. The Morgan fingerprint density at radius 3 is 2.59 bits per heavy atom. The number of hydrogen-bond acceptors (Lipinski definition) is 6. The summed E-state index contributed by atoms with van der Waals surface area (Å²) < 4.78 is 18.6. The van der Waals surface area contributed by atoms with Crippen LogP contribution in [0.25, 0.3) is 11.3 Å². The number of aromatic nitrogens is 2. The molecule has 2 N–H and O–H groups in total. The van der Waals surface area contributed by atoms with Crippen LogP contribution in [0.5, 0.6) is 0 Å². The molecule has 1 aromatic carbocycles. The first kappa shape index (κ1) is 20.4. The quantitative estimate of drug-likeness (QED) is 0.681. The number of carbonyl (C=O) groups excluding carboxylic acids is 1. The molecule has 0 aliphatic carbocycles. The van der Waals surface area contributed by atoms with E-state index in [1.807, 2.05) is 6.20 Å². The van der Waals surface area contributed by atoms with E-state index in [4.69, 9.17) is 10.5 Å². The Kier molecular flexibility index (Phi) is 5.45. The molecular formula is C24H24FN5O2. The van der Waals surface area contributed by atoms with Crippen molar-refractivity contribution in [2.75, 3.05) is 36.9 Å². The number of nitrogens with two attached hydrogens (primary N) is 1. The van der Waals surface area contributed by atoms with Gasteiger partial charge in [0.25, 0.3) is 0 Å². The van der Waals surface area contributed by atoms with Crippen molar-refractivity contribution in [1.29, 1.82) is 0 Å². The Balaban J connectivity index is 1.29. The van der Waals surface area contributed by atoms with Crippen molar-refractivity contribution in [3.05, 3.63) is 71.3 Å². The molecule has 0 saturated carbocycles. The predicted molar refractivity (Wildman–Crippen MR) is 119 cm³/mol. The van der Waals surface area contributed by atoms with Gasteiger partial charge in [-0.2, -0.15) is 0 Å². The number of morpholine rings is 1. The fourth-order valence-electron chi connectivity index (χ4n) is 4.10. The van der Waals surface area contributed by atoms with Gasteiger partial charge in [-0.3, -0.25) is 9.78 Å². The largest absolute Gasteiger partial charge is 0.397 e. The number of nitrogen functional groups attached to an aromatic ring is 1. The van der Waals surface area contributed by atoms with E-state index in [-0.39, 0.29) is 18.1 Å². The van der Waals surface area contributed by atoms with Crippen molar-refractivity contribution in [3.8, 4) is 11.3 Å². The first-order valence-electron chi connectivity index (χ1n) is 10.7. The van der Waals surface area contributed by atoms with Crippen molar-refractivity contribution in [3.63, 3.8) is 0 Å². The van der Waals surface area contributed by atoms with Gasteiger partial charge in [0.2, 0.25) is 5.91 Å². The van der Waals surface area contributed by atoms with Crippen LogP contribution in [0.1, 0.15) is 16.8 Å². The van der Waals surface area contributed by atoms with Crippen LogP contribution in [0.4, 0.5) is 15.9 Å². The molecule has 1 fully saturated rings. The number of rotatable bonds is 4. The predicted octanol–water partition coefficient (Wildman–Crippen LogP) is 2.79. The Bertz CT molecular complexity index is 1150. The maximum atomic E-state index is 13.2. The van der Waals surface area contributed by atoms with Gasteiger partial charge in [-0.25, -0.2) is 9.37 Å². The van der Waals surface area contributed by atoms with E-state index >= 15 is 0 Å². The third-order valence-corrected chi connectivity index (χ3v) is 5.95. The first-order valence-corrected chi connectivity index (χ1v) is 10.7. The van der Waals surface area contributed by atoms with Crippen LogP contribution >= 0.6 is 0 Å². The lowest BCUT2D eigenvalue weighted by molar-refractivity contribution is -0.131. The first-order chi connectivity index (χ1) is 15.6. The van der Waals surface area contributed by atoms with Gasteiger partial charge >= 0.3 is 0 Å². The number of hydrogen-bond donors (Lipinski definition) is 1.